The zero-order valence-electron chi connectivity index (χ0n) is 16.0. The molecule has 0 aliphatic heterocycles. The highest BCUT2D eigenvalue weighted by molar-refractivity contribution is 5.99. The summed E-state index contributed by atoms with van der Waals surface area (Å²) in [5.74, 6) is 0. The number of pyridine rings is 3. The molecule has 0 amide bonds. The second-order valence-electron chi connectivity index (χ2n) is 7.17. The summed E-state index contributed by atoms with van der Waals surface area (Å²) in [6, 6.07) is 11.9. The van der Waals surface area contributed by atoms with E-state index in [4.69, 9.17) is 9.40 Å². The zero-order valence-corrected chi connectivity index (χ0v) is 16.0. The van der Waals surface area contributed by atoms with Crippen molar-refractivity contribution >= 4 is 21.9 Å². The van der Waals surface area contributed by atoms with E-state index in [2.05, 4.69) is 38.1 Å². The van der Waals surface area contributed by atoms with E-state index in [9.17, 15) is 0 Å². The largest absolute Gasteiger partial charge is 0.472 e. The third-order valence-corrected chi connectivity index (χ3v) is 5.32. The van der Waals surface area contributed by atoms with E-state index >= 15 is 0 Å². The van der Waals surface area contributed by atoms with Gasteiger partial charge in [0, 0.05) is 40.6 Å². The number of aryl methyl sites for hydroxylation is 1. The van der Waals surface area contributed by atoms with Gasteiger partial charge in [-0.3, -0.25) is 15.1 Å². The highest BCUT2D eigenvalue weighted by atomic mass is 16.3. The maximum atomic E-state index is 5.24. The maximum Gasteiger partial charge on any atom is 0.135 e. The number of H-pyrrole nitrogens is 2. The molecule has 0 unspecified atom stereocenters. The zero-order chi connectivity index (χ0) is 20.1. The summed E-state index contributed by atoms with van der Waals surface area (Å²) in [7, 11) is 0. The van der Waals surface area contributed by atoms with Crippen LogP contribution >= 0.6 is 0 Å². The van der Waals surface area contributed by atoms with Crippen molar-refractivity contribution in [3.63, 3.8) is 0 Å². The molecular formula is C23H16N6O. The maximum absolute atomic E-state index is 5.24. The molecule has 0 fully saturated rings. The summed E-state index contributed by atoms with van der Waals surface area (Å²) in [6.45, 7) is 2.06. The molecule has 6 aromatic rings. The first-order valence-electron chi connectivity index (χ1n) is 9.55. The number of aromatic nitrogens is 6. The van der Waals surface area contributed by atoms with Crippen molar-refractivity contribution in [1.29, 1.82) is 0 Å². The van der Waals surface area contributed by atoms with Crippen LogP contribution in [0.3, 0.4) is 0 Å². The Balaban J connectivity index is 1.53. The van der Waals surface area contributed by atoms with Crippen LogP contribution in [0.4, 0.5) is 0 Å². The first-order valence-corrected chi connectivity index (χ1v) is 9.55. The molecule has 0 saturated carbocycles. The summed E-state index contributed by atoms with van der Waals surface area (Å²) in [4.78, 5) is 17.1. The standard InChI is InChI=1S/C23H16N6O/c1-13-4-7-24-11-16(13)17-2-3-19-22(27-17)23(29-28-19)20-10-15-18(26-20)5-8-25-21(15)14-6-9-30-12-14/h2-12,26H,1H3,(H,28,29). The van der Waals surface area contributed by atoms with E-state index in [0.717, 1.165) is 61.4 Å². The van der Waals surface area contributed by atoms with Crippen LogP contribution in [0.2, 0.25) is 0 Å². The molecular weight excluding hydrogens is 376 g/mol. The van der Waals surface area contributed by atoms with E-state index in [1.54, 1.807) is 24.9 Å². The number of furan rings is 1. The van der Waals surface area contributed by atoms with Crippen LogP contribution in [-0.4, -0.2) is 30.1 Å². The molecule has 0 aromatic carbocycles. The molecule has 7 heteroatoms. The molecule has 0 aliphatic carbocycles. The third-order valence-electron chi connectivity index (χ3n) is 5.32. The van der Waals surface area contributed by atoms with Crippen LogP contribution < -0.4 is 0 Å². The second kappa shape index (κ2) is 6.38. The topological polar surface area (TPSA) is 96.3 Å². The molecule has 144 valence electrons. The summed E-state index contributed by atoms with van der Waals surface area (Å²) >= 11 is 0. The van der Waals surface area contributed by atoms with Crippen molar-refractivity contribution in [2.75, 3.05) is 0 Å². The lowest BCUT2D eigenvalue weighted by molar-refractivity contribution is 0.568. The molecule has 6 aromatic heterocycles. The monoisotopic (exact) mass is 392 g/mol. The normalized spacial score (nSPS) is 11.5. The SMILES string of the molecule is Cc1ccncc1-c1ccc2[nH]nc(-c3cc4c(-c5ccoc5)nccc4[nH]3)c2n1. The van der Waals surface area contributed by atoms with E-state index in [-0.39, 0.29) is 0 Å². The Hall–Kier alpha value is -4.26. The lowest BCUT2D eigenvalue weighted by atomic mass is 10.1. The third kappa shape index (κ3) is 2.52. The first-order chi connectivity index (χ1) is 14.8. The van der Waals surface area contributed by atoms with Crippen molar-refractivity contribution in [3.05, 3.63) is 73.1 Å². The molecule has 0 spiro atoms. The van der Waals surface area contributed by atoms with Crippen LogP contribution in [0.5, 0.6) is 0 Å². The first kappa shape index (κ1) is 16.7. The van der Waals surface area contributed by atoms with Gasteiger partial charge in [-0.1, -0.05) is 0 Å². The van der Waals surface area contributed by atoms with E-state index in [1.165, 1.54) is 0 Å². The van der Waals surface area contributed by atoms with Crippen molar-refractivity contribution in [2.24, 2.45) is 0 Å². The van der Waals surface area contributed by atoms with Crippen molar-refractivity contribution < 1.29 is 4.42 Å². The van der Waals surface area contributed by atoms with Gasteiger partial charge >= 0.3 is 0 Å². The summed E-state index contributed by atoms with van der Waals surface area (Å²) in [5.41, 5.74) is 9.11. The Kier molecular flexibility index (Phi) is 3.55. The van der Waals surface area contributed by atoms with Gasteiger partial charge < -0.3 is 9.40 Å². The van der Waals surface area contributed by atoms with Gasteiger partial charge in [-0.25, -0.2) is 4.98 Å². The average molecular weight is 392 g/mol. The Morgan fingerprint density at radius 1 is 0.967 bits per heavy atom. The highest BCUT2D eigenvalue weighted by Gasteiger charge is 2.16. The van der Waals surface area contributed by atoms with Gasteiger partial charge in [-0.15, -0.1) is 0 Å². The molecule has 0 saturated heterocycles. The molecule has 0 bridgehead atoms. The molecule has 0 atom stereocenters. The highest BCUT2D eigenvalue weighted by Crippen LogP contribution is 2.33. The molecule has 0 radical (unpaired) electrons. The van der Waals surface area contributed by atoms with Crippen LogP contribution in [0.25, 0.3) is 55.8 Å². The van der Waals surface area contributed by atoms with Gasteiger partial charge in [0.2, 0.25) is 0 Å². The fourth-order valence-electron chi connectivity index (χ4n) is 3.78. The number of aromatic amines is 2. The number of rotatable bonds is 3. The number of nitrogens with zero attached hydrogens (tertiary/aromatic N) is 4. The summed E-state index contributed by atoms with van der Waals surface area (Å²) in [5, 5.41) is 8.63. The van der Waals surface area contributed by atoms with Crippen LogP contribution in [0.1, 0.15) is 5.56 Å². The van der Waals surface area contributed by atoms with Gasteiger partial charge in [0.25, 0.3) is 0 Å². The number of nitrogens with one attached hydrogen (secondary N) is 2. The van der Waals surface area contributed by atoms with Crippen LogP contribution in [0, 0.1) is 6.92 Å². The fourth-order valence-corrected chi connectivity index (χ4v) is 3.78. The summed E-state index contributed by atoms with van der Waals surface area (Å²) < 4.78 is 5.24. The molecule has 2 N–H and O–H groups in total. The Labute approximate surface area is 170 Å². The predicted molar refractivity (Wildman–Crippen MR) is 115 cm³/mol. The van der Waals surface area contributed by atoms with Crippen LogP contribution in [0.15, 0.2) is 71.9 Å². The second-order valence-corrected chi connectivity index (χ2v) is 7.17. The molecule has 6 rings (SSSR count). The Morgan fingerprint density at radius 2 is 1.93 bits per heavy atom. The van der Waals surface area contributed by atoms with Crippen molar-refractivity contribution in [1.82, 2.24) is 30.1 Å². The number of hydrogen-bond acceptors (Lipinski definition) is 5. The molecule has 7 nitrogen and oxygen atoms in total. The number of fused-ring (bicyclic) bond motifs is 2. The van der Waals surface area contributed by atoms with Gasteiger partial charge in [0.15, 0.2) is 0 Å². The smallest absolute Gasteiger partial charge is 0.135 e. The predicted octanol–water partition coefficient (Wildman–Crippen LogP) is 5.13. The van der Waals surface area contributed by atoms with Gasteiger partial charge in [-0.2, -0.15) is 5.10 Å². The quantitative estimate of drug-likeness (QED) is 0.435. The minimum atomic E-state index is 0.766. The van der Waals surface area contributed by atoms with E-state index in [0.29, 0.717) is 0 Å². The fraction of sp³-hybridized carbons (Fsp3) is 0.0435. The Bertz CT molecular complexity index is 1510. The lowest BCUT2D eigenvalue weighted by Crippen LogP contribution is -1.89. The number of hydrogen-bond donors (Lipinski definition) is 2. The summed E-state index contributed by atoms with van der Waals surface area (Å²) in [6.07, 6.45) is 8.76. The Morgan fingerprint density at radius 3 is 2.80 bits per heavy atom. The average Bonchev–Trinajstić information content (AvgIpc) is 3.51. The lowest BCUT2D eigenvalue weighted by Gasteiger charge is -2.04. The van der Waals surface area contributed by atoms with Crippen molar-refractivity contribution in [2.45, 2.75) is 6.92 Å². The van der Waals surface area contributed by atoms with Gasteiger partial charge in [0.05, 0.1) is 35.1 Å². The van der Waals surface area contributed by atoms with E-state index in [1.807, 2.05) is 36.5 Å². The molecule has 30 heavy (non-hydrogen) atoms. The van der Waals surface area contributed by atoms with Gasteiger partial charge in [0.1, 0.15) is 11.2 Å². The minimum absolute atomic E-state index is 0.766. The molecule has 0 aliphatic rings. The van der Waals surface area contributed by atoms with Gasteiger partial charge in [-0.05, 0) is 48.9 Å². The van der Waals surface area contributed by atoms with Crippen molar-refractivity contribution in [3.8, 4) is 33.9 Å². The molecule has 6 heterocycles. The van der Waals surface area contributed by atoms with Crippen LogP contribution in [-0.2, 0) is 0 Å². The minimum Gasteiger partial charge on any atom is -0.472 e. The van der Waals surface area contributed by atoms with E-state index < -0.39 is 0 Å².